The maximum atomic E-state index is 11.8. The molecule has 1 saturated carbocycles. The minimum absolute atomic E-state index is 0.126. The van der Waals surface area contributed by atoms with Crippen molar-refractivity contribution >= 4 is 5.91 Å². The first-order valence-corrected chi connectivity index (χ1v) is 7.59. The van der Waals surface area contributed by atoms with Gasteiger partial charge in [0.1, 0.15) is 5.75 Å². The number of benzene rings is 1. The number of carbonyl (C=O) groups excluding carboxylic acids is 1. The average molecular weight is 292 g/mol. The quantitative estimate of drug-likeness (QED) is 0.698. The molecule has 5 heteroatoms. The summed E-state index contributed by atoms with van der Waals surface area (Å²) in [5, 5.41) is 12.0. The topological polar surface area (TPSA) is 84.6 Å². The molecule has 0 spiro atoms. The lowest BCUT2D eigenvalue weighted by Crippen LogP contribution is -2.31. The lowest BCUT2D eigenvalue weighted by Gasteiger charge is -2.26. The van der Waals surface area contributed by atoms with Gasteiger partial charge < -0.3 is 20.9 Å². The number of amides is 1. The van der Waals surface area contributed by atoms with E-state index < -0.39 is 0 Å². The summed E-state index contributed by atoms with van der Waals surface area (Å²) in [5.74, 6) is 0.0331. The molecular weight excluding hydrogens is 268 g/mol. The Morgan fingerprint density at radius 1 is 1.24 bits per heavy atom. The Morgan fingerprint density at radius 2 is 1.90 bits per heavy atom. The highest BCUT2D eigenvalue weighted by Gasteiger charge is 2.18. The van der Waals surface area contributed by atoms with Gasteiger partial charge in [0.25, 0.3) is 5.91 Å². The second kappa shape index (κ2) is 8.00. The van der Waals surface area contributed by atoms with Crippen molar-refractivity contribution in [2.24, 2.45) is 5.73 Å². The molecule has 0 aromatic heterocycles. The standard InChI is InChI=1S/C16H24N2O3/c17-13-4-8-15(9-5-13)21-11-1-10-18-16(20)12-2-6-14(19)7-3-12/h2-3,6-7,13,15,19H,1,4-5,8-11,17H2,(H,18,20). The first-order chi connectivity index (χ1) is 10.1. The van der Waals surface area contributed by atoms with Crippen molar-refractivity contribution in [1.29, 1.82) is 0 Å². The molecule has 0 radical (unpaired) electrons. The van der Waals surface area contributed by atoms with E-state index in [2.05, 4.69) is 5.32 Å². The Hall–Kier alpha value is -1.59. The summed E-state index contributed by atoms with van der Waals surface area (Å²) < 4.78 is 5.79. The van der Waals surface area contributed by atoms with Crippen molar-refractivity contribution in [3.63, 3.8) is 0 Å². The zero-order valence-corrected chi connectivity index (χ0v) is 12.3. The van der Waals surface area contributed by atoms with Gasteiger partial charge in [0.2, 0.25) is 0 Å². The van der Waals surface area contributed by atoms with Crippen LogP contribution in [0, 0.1) is 0 Å². The molecule has 2 rings (SSSR count). The van der Waals surface area contributed by atoms with E-state index in [0.717, 1.165) is 32.1 Å². The molecule has 21 heavy (non-hydrogen) atoms. The van der Waals surface area contributed by atoms with Crippen molar-refractivity contribution in [2.45, 2.75) is 44.2 Å². The summed E-state index contributed by atoms with van der Waals surface area (Å²) in [6.45, 7) is 1.25. The first-order valence-electron chi connectivity index (χ1n) is 7.59. The molecule has 0 bridgehead atoms. The van der Waals surface area contributed by atoms with Gasteiger partial charge in [-0.25, -0.2) is 0 Å². The van der Waals surface area contributed by atoms with Gasteiger partial charge in [-0.2, -0.15) is 0 Å². The van der Waals surface area contributed by atoms with Crippen LogP contribution >= 0.6 is 0 Å². The van der Waals surface area contributed by atoms with Gasteiger partial charge in [-0.1, -0.05) is 0 Å². The smallest absolute Gasteiger partial charge is 0.251 e. The number of ether oxygens (including phenoxy) is 1. The fourth-order valence-corrected chi connectivity index (χ4v) is 2.49. The maximum absolute atomic E-state index is 11.8. The van der Waals surface area contributed by atoms with Gasteiger partial charge >= 0.3 is 0 Å². The Morgan fingerprint density at radius 3 is 2.57 bits per heavy atom. The molecule has 1 aromatic carbocycles. The highest BCUT2D eigenvalue weighted by Crippen LogP contribution is 2.19. The number of phenolic OH excluding ortho intramolecular Hbond substituents is 1. The van der Waals surface area contributed by atoms with Crippen molar-refractivity contribution in [3.05, 3.63) is 29.8 Å². The average Bonchev–Trinajstić information content (AvgIpc) is 2.49. The lowest BCUT2D eigenvalue weighted by molar-refractivity contribution is 0.0241. The fraction of sp³-hybridized carbons (Fsp3) is 0.562. The summed E-state index contributed by atoms with van der Waals surface area (Å²) in [6, 6.07) is 6.56. The van der Waals surface area contributed by atoms with E-state index in [4.69, 9.17) is 15.6 Å². The summed E-state index contributed by atoms with van der Waals surface area (Å²) >= 11 is 0. The number of hydrogen-bond acceptors (Lipinski definition) is 4. The molecule has 0 unspecified atom stereocenters. The van der Waals surface area contributed by atoms with Crippen LogP contribution in [0.5, 0.6) is 5.75 Å². The second-order valence-corrected chi connectivity index (χ2v) is 5.56. The predicted molar refractivity (Wildman–Crippen MR) is 81.2 cm³/mol. The van der Waals surface area contributed by atoms with E-state index in [0.29, 0.717) is 30.9 Å². The third-order valence-electron chi connectivity index (χ3n) is 3.81. The molecule has 0 saturated heterocycles. The minimum Gasteiger partial charge on any atom is -0.508 e. The number of nitrogens with two attached hydrogens (primary N) is 1. The monoisotopic (exact) mass is 292 g/mol. The highest BCUT2D eigenvalue weighted by atomic mass is 16.5. The van der Waals surface area contributed by atoms with Crippen LogP contribution in [-0.4, -0.2) is 36.3 Å². The van der Waals surface area contributed by atoms with E-state index in [1.165, 1.54) is 12.1 Å². The molecule has 1 fully saturated rings. The first kappa shape index (κ1) is 15.8. The van der Waals surface area contributed by atoms with E-state index >= 15 is 0 Å². The van der Waals surface area contributed by atoms with Crippen LogP contribution in [-0.2, 0) is 4.74 Å². The van der Waals surface area contributed by atoms with Crippen molar-refractivity contribution in [2.75, 3.05) is 13.2 Å². The SMILES string of the molecule is NC1CCC(OCCCNC(=O)c2ccc(O)cc2)CC1. The number of phenols is 1. The van der Waals surface area contributed by atoms with Crippen molar-refractivity contribution in [3.8, 4) is 5.75 Å². The molecule has 0 atom stereocenters. The molecule has 1 aliphatic carbocycles. The van der Waals surface area contributed by atoms with Gasteiger partial charge in [-0.15, -0.1) is 0 Å². The van der Waals surface area contributed by atoms with Crippen LogP contribution in [0.2, 0.25) is 0 Å². The zero-order chi connectivity index (χ0) is 15.1. The van der Waals surface area contributed by atoms with Crippen LogP contribution in [0.15, 0.2) is 24.3 Å². The largest absolute Gasteiger partial charge is 0.508 e. The normalized spacial score (nSPS) is 22.0. The third kappa shape index (κ3) is 5.36. The summed E-state index contributed by atoms with van der Waals surface area (Å²) in [5.41, 5.74) is 6.40. The predicted octanol–water partition coefficient (Wildman–Crippen LogP) is 1.80. The van der Waals surface area contributed by atoms with Crippen LogP contribution < -0.4 is 11.1 Å². The second-order valence-electron chi connectivity index (χ2n) is 5.56. The molecular formula is C16H24N2O3. The maximum Gasteiger partial charge on any atom is 0.251 e. The molecule has 1 amide bonds. The number of carbonyl (C=O) groups is 1. The summed E-state index contributed by atoms with van der Waals surface area (Å²) in [6.07, 6.45) is 5.30. The summed E-state index contributed by atoms with van der Waals surface area (Å²) in [4.78, 5) is 11.8. The van der Waals surface area contributed by atoms with Gasteiger partial charge in [-0.3, -0.25) is 4.79 Å². The van der Waals surface area contributed by atoms with Crippen LogP contribution in [0.1, 0.15) is 42.5 Å². The van der Waals surface area contributed by atoms with E-state index in [-0.39, 0.29) is 11.7 Å². The van der Waals surface area contributed by atoms with Crippen LogP contribution in [0.3, 0.4) is 0 Å². The summed E-state index contributed by atoms with van der Waals surface area (Å²) in [7, 11) is 0. The molecule has 116 valence electrons. The van der Waals surface area contributed by atoms with Crippen LogP contribution in [0.25, 0.3) is 0 Å². The Bertz CT molecular complexity index is 439. The fourth-order valence-electron chi connectivity index (χ4n) is 2.49. The van der Waals surface area contributed by atoms with Crippen molar-refractivity contribution < 1.29 is 14.6 Å². The third-order valence-corrected chi connectivity index (χ3v) is 3.81. The van der Waals surface area contributed by atoms with E-state index in [1.54, 1.807) is 12.1 Å². The zero-order valence-electron chi connectivity index (χ0n) is 12.3. The highest BCUT2D eigenvalue weighted by molar-refractivity contribution is 5.94. The minimum atomic E-state index is -0.126. The van der Waals surface area contributed by atoms with Crippen molar-refractivity contribution in [1.82, 2.24) is 5.32 Å². The molecule has 1 aromatic rings. The van der Waals surface area contributed by atoms with Gasteiger partial charge in [-0.05, 0) is 56.4 Å². The number of rotatable bonds is 6. The Kier molecular flexibility index (Phi) is 6.02. The molecule has 5 nitrogen and oxygen atoms in total. The van der Waals surface area contributed by atoms with Gasteiger partial charge in [0, 0.05) is 24.8 Å². The number of hydrogen-bond donors (Lipinski definition) is 3. The van der Waals surface area contributed by atoms with E-state index in [9.17, 15) is 4.79 Å². The number of nitrogens with one attached hydrogen (secondary N) is 1. The molecule has 4 N–H and O–H groups in total. The Balaban J connectivity index is 1.57. The molecule has 0 aliphatic heterocycles. The Labute approximate surface area is 125 Å². The van der Waals surface area contributed by atoms with E-state index in [1.807, 2.05) is 0 Å². The van der Waals surface area contributed by atoms with Gasteiger partial charge in [0.05, 0.1) is 6.10 Å². The number of aromatic hydroxyl groups is 1. The lowest BCUT2D eigenvalue weighted by atomic mass is 9.94. The van der Waals surface area contributed by atoms with Crippen LogP contribution in [0.4, 0.5) is 0 Å². The van der Waals surface area contributed by atoms with Gasteiger partial charge in [0.15, 0.2) is 0 Å². The molecule has 0 heterocycles. The molecule has 1 aliphatic rings.